The van der Waals surface area contributed by atoms with Gasteiger partial charge in [-0.3, -0.25) is 5.41 Å². The fourth-order valence-electron chi connectivity index (χ4n) is 1.03. The third kappa shape index (κ3) is 4.24. The molecule has 0 aliphatic carbocycles. The van der Waals surface area contributed by atoms with E-state index >= 15 is 0 Å². The molecule has 0 aromatic heterocycles. The average Bonchev–Trinajstić information content (AvgIpc) is 2.17. The van der Waals surface area contributed by atoms with Crippen LogP contribution >= 0.6 is 23.4 Å². The highest BCUT2D eigenvalue weighted by Crippen LogP contribution is 2.27. The fraction of sp³-hybridized carbons (Fsp3) is 0.222. The van der Waals surface area contributed by atoms with Crippen molar-refractivity contribution in [2.24, 2.45) is 5.73 Å². The lowest BCUT2D eigenvalue weighted by molar-refractivity contribution is -0.0503. The van der Waals surface area contributed by atoms with Crippen molar-refractivity contribution in [3.63, 3.8) is 0 Å². The number of rotatable bonds is 4. The van der Waals surface area contributed by atoms with Crippen LogP contribution in [0.2, 0.25) is 5.02 Å². The van der Waals surface area contributed by atoms with Crippen LogP contribution in [0.3, 0.4) is 0 Å². The summed E-state index contributed by atoms with van der Waals surface area (Å²) in [6, 6.07) is 4.33. The highest BCUT2D eigenvalue weighted by atomic mass is 35.5. The SMILES string of the molecule is N=C(N)SCc1cc(Cl)ccc1OC(F)F. The normalized spacial score (nSPS) is 10.5. The Morgan fingerprint density at radius 2 is 2.25 bits per heavy atom. The molecule has 0 saturated carbocycles. The van der Waals surface area contributed by atoms with Crippen molar-refractivity contribution in [2.45, 2.75) is 12.4 Å². The van der Waals surface area contributed by atoms with Crippen molar-refractivity contribution in [3.05, 3.63) is 28.8 Å². The lowest BCUT2D eigenvalue weighted by atomic mass is 10.2. The number of ether oxygens (including phenoxy) is 1. The van der Waals surface area contributed by atoms with Gasteiger partial charge in [-0.2, -0.15) is 8.78 Å². The molecule has 0 fully saturated rings. The predicted molar refractivity (Wildman–Crippen MR) is 61.3 cm³/mol. The number of hydrogen-bond donors (Lipinski definition) is 2. The van der Waals surface area contributed by atoms with Gasteiger partial charge < -0.3 is 10.5 Å². The van der Waals surface area contributed by atoms with Crippen LogP contribution in [0.1, 0.15) is 5.56 Å². The van der Waals surface area contributed by atoms with E-state index in [9.17, 15) is 8.78 Å². The summed E-state index contributed by atoms with van der Waals surface area (Å²) < 4.78 is 28.5. The first-order valence-corrected chi connectivity index (χ1v) is 5.55. The summed E-state index contributed by atoms with van der Waals surface area (Å²) >= 11 is 6.74. The number of nitrogens with two attached hydrogens (primary N) is 1. The van der Waals surface area contributed by atoms with Crippen LogP contribution in [0.5, 0.6) is 5.75 Å². The summed E-state index contributed by atoms with van der Waals surface area (Å²) in [7, 11) is 0. The molecule has 0 aliphatic rings. The quantitative estimate of drug-likeness (QED) is 0.650. The van der Waals surface area contributed by atoms with Gasteiger partial charge in [-0.1, -0.05) is 23.4 Å². The summed E-state index contributed by atoms with van der Waals surface area (Å²) in [6.45, 7) is -2.89. The van der Waals surface area contributed by atoms with E-state index in [0.717, 1.165) is 11.8 Å². The van der Waals surface area contributed by atoms with E-state index < -0.39 is 6.61 Å². The first kappa shape index (κ1) is 13.1. The Bertz CT molecular complexity index is 390. The largest absolute Gasteiger partial charge is 0.435 e. The van der Waals surface area contributed by atoms with Crippen LogP contribution < -0.4 is 10.5 Å². The standard InChI is InChI=1S/C9H9ClF2N2OS/c10-6-1-2-7(15-8(11)12)5(3-6)4-16-9(13)14/h1-3,8H,4H2,(H3,13,14). The van der Waals surface area contributed by atoms with Crippen LogP contribution in [-0.2, 0) is 5.75 Å². The summed E-state index contributed by atoms with van der Waals surface area (Å²) in [4.78, 5) is 0. The highest BCUT2D eigenvalue weighted by molar-refractivity contribution is 8.13. The zero-order valence-electron chi connectivity index (χ0n) is 8.04. The number of thioether (sulfide) groups is 1. The first-order chi connectivity index (χ1) is 7.49. The van der Waals surface area contributed by atoms with Crippen LogP contribution in [-0.4, -0.2) is 11.8 Å². The van der Waals surface area contributed by atoms with Crippen molar-refractivity contribution in [3.8, 4) is 5.75 Å². The van der Waals surface area contributed by atoms with Gasteiger partial charge in [0.1, 0.15) is 5.75 Å². The molecule has 3 nitrogen and oxygen atoms in total. The summed E-state index contributed by atoms with van der Waals surface area (Å²) in [6.07, 6.45) is 0. The van der Waals surface area contributed by atoms with E-state index in [1.165, 1.54) is 18.2 Å². The maximum absolute atomic E-state index is 12.1. The Balaban J connectivity index is 2.84. The van der Waals surface area contributed by atoms with Crippen molar-refractivity contribution >= 4 is 28.5 Å². The first-order valence-electron chi connectivity index (χ1n) is 4.19. The number of benzene rings is 1. The molecule has 0 spiro atoms. The summed E-state index contributed by atoms with van der Waals surface area (Å²) in [5, 5.41) is 7.35. The number of nitrogens with one attached hydrogen (secondary N) is 1. The van der Waals surface area contributed by atoms with Crippen molar-refractivity contribution in [2.75, 3.05) is 0 Å². The maximum Gasteiger partial charge on any atom is 0.387 e. The molecule has 0 amide bonds. The van der Waals surface area contributed by atoms with Crippen LogP contribution in [0, 0.1) is 5.41 Å². The number of alkyl halides is 2. The van der Waals surface area contributed by atoms with Gasteiger partial charge in [0.2, 0.25) is 0 Å². The Morgan fingerprint density at radius 1 is 1.56 bits per heavy atom. The molecule has 0 saturated heterocycles. The molecule has 0 atom stereocenters. The minimum absolute atomic E-state index is 0.0492. The second-order valence-corrected chi connectivity index (χ2v) is 4.24. The van der Waals surface area contributed by atoms with Crippen LogP contribution in [0.4, 0.5) is 8.78 Å². The molecule has 1 aromatic carbocycles. The maximum atomic E-state index is 12.1. The van der Waals surface area contributed by atoms with Gasteiger partial charge in [-0.25, -0.2) is 0 Å². The number of amidine groups is 1. The van der Waals surface area contributed by atoms with E-state index in [1.807, 2.05) is 0 Å². The average molecular weight is 267 g/mol. The van der Waals surface area contributed by atoms with Crippen LogP contribution in [0.15, 0.2) is 18.2 Å². The van der Waals surface area contributed by atoms with Crippen LogP contribution in [0.25, 0.3) is 0 Å². The van der Waals surface area contributed by atoms with Gasteiger partial charge >= 0.3 is 6.61 Å². The van der Waals surface area contributed by atoms with Gasteiger partial charge in [-0.05, 0) is 18.2 Å². The molecule has 16 heavy (non-hydrogen) atoms. The second kappa shape index (κ2) is 5.91. The van der Waals surface area contributed by atoms with E-state index in [-0.39, 0.29) is 16.7 Å². The van der Waals surface area contributed by atoms with E-state index in [2.05, 4.69) is 4.74 Å². The van der Waals surface area contributed by atoms with Gasteiger partial charge in [0, 0.05) is 16.3 Å². The van der Waals surface area contributed by atoms with Crippen molar-refractivity contribution in [1.82, 2.24) is 0 Å². The minimum atomic E-state index is -2.89. The topological polar surface area (TPSA) is 59.1 Å². The van der Waals surface area contributed by atoms with E-state index in [0.29, 0.717) is 10.6 Å². The molecule has 3 N–H and O–H groups in total. The smallest absolute Gasteiger partial charge is 0.387 e. The zero-order valence-corrected chi connectivity index (χ0v) is 9.62. The van der Waals surface area contributed by atoms with Gasteiger partial charge in [0.05, 0.1) is 0 Å². The monoisotopic (exact) mass is 266 g/mol. The molecule has 0 aliphatic heterocycles. The number of hydrogen-bond acceptors (Lipinski definition) is 3. The molecule has 0 bridgehead atoms. The Morgan fingerprint density at radius 3 is 2.81 bits per heavy atom. The minimum Gasteiger partial charge on any atom is -0.435 e. The predicted octanol–water partition coefficient (Wildman–Crippen LogP) is 3.07. The Kier molecular flexibility index (Phi) is 4.82. The molecule has 7 heteroatoms. The molecule has 0 radical (unpaired) electrons. The van der Waals surface area contributed by atoms with Gasteiger partial charge in [0.15, 0.2) is 5.17 Å². The Hall–Kier alpha value is -1.01. The van der Waals surface area contributed by atoms with Crippen molar-refractivity contribution in [1.29, 1.82) is 5.41 Å². The molecular formula is C9H9ClF2N2OS. The Labute approximate surface area is 100 Å². The molecule has 1 aromatic rings. The molecular weight excluding hydrogens is 258 g/mol. The lowest BCUT2D eigenvalue weighted by Gasteiger charge is -2.10. The molecule has 0 heterocycles. The van der Waals surface area contributed by atoms with E-state index in [1.54, 1.807) is 0 Å². The van der Waals surface area contributed by atoms with E-state index in [4.69, 9.17) is 22.7 Å². The molecule has 0 unspecified atom stereocenters. The molecule has 1 rings (SSSR count). The zero-order chi connectivity index (χ0) is 12.1. The van der Waals surface area contributed by atoms with Crippen molar-refractivity contribution < 1.29 is 13.5 Å². The van der Waals surface area contributed by atoms with Gasteiger partial charge in [-0.15, -0.1) is 0 Å². The third-order valence-corrected chi connectivity index (χ3v) is 2.62. The lowest BCUT2D eigenvalue weighted by Crippen LogP contribution is -2.06. The molecule has 88 valence electrons. The highest BCUT2D eigenvalue weighted by Gasteiger charge is 2.10. The second-order valence-electron chi connectivity index (χ2n) is 2.78. The van der Waals surface area contributed by atoms with Gasteiger partial charge in [0.25, 0.3) is 0 Å². The summed E-state index contributed by atoms with van der Waals surface area (Å²) in [5.41, 5.74) is 5.63. The summed E-state index contributed by atoms with van der Waals surface area (Å²) in [5.74, 6) is 0.311. The fourth-order valence-corrected chi connectivity index (χ4v) is 1.76. The third-order valence-electron chi connectivity index (χ3n) is 1.62. The number of halogens is 3.